The third-order valence-corrected chi connectivity index (χ3v) is 2.78. The highest BCUT2D eigenvalue weighted by Gasteiger charge is 2.23. The van der Waals surface area contributed by atoms with Gasteiger partial charge in [-0.2, -0.15) is 0 Å². The van der Waals surface area contributed by atoms with Crippen molar-refractivity contribution in [2.45, 2.75) is 52.7 Å². The van der Waals surface area contributed by atoms with Crippen LogP contribution in [0.15, 0.2) is 18.2 Å². The number of carbonyl (C=O) groups excluding carboxylic acids is 1. The minimum Gasteiger partial charge on any atom is -0.459 e. The van der Waals surface area contributed by atoms with Gasteiger partial charge in [0.15, 0.2) is 0 Å². The SMILES string of the molecule is Cc1cccc(C)c1CC(N)C(=O)OC(C)(C)C. The van der Waals surface area contributed by atoms with Gasteiger partial charge >= 0.3 is 5.97 Å². The molecule has 3 nitrogen and oxygen atoms in total. The van der Waals surface area contributed by atoms with Crippen molar-refractivity contribution < 1.29 is 9.53 Å². The molecule has 2 N–H and O–H groups in total. The van der Waals surface area contributed by atoms with Gasteiger partial charge in [0.25, 0.3) is 0 Å². The Labute approximate surface area is 109 Å². The van der Waals surface area contributed by atoms with Gasteiger partial charge in [-0.25, -0.2) is 0 Å². The third kappa shape index (κ3) is 4.15. The molecule has 0 aliphatic heterocycles. The summed E-state index contributed by atoms with van der Waals surface area (Å²) in [6, 6.07) is 5.46. The van der Waals surface area contributed by atoms with Crippen molar-refractivity contribution in [2.24, 2.45) is 5.73 Å². The van der Waals surface area contributed by atoms with Gasteiger partial charge in [-0.05, 0) is 57.7 Å². The lowest BCUT2D eigenvalue weighted by atomic mass is 9.97. The van der Waals surface area contributed by atoms with Crippen molar-refractivity contribution >= 4 is 5.97 Å². The summed E-state index contributed by atoms with van der Waals surface area (Å²) in [6.45, 7) is 9.60. The van der Waals surface area contributed by atoms with Crippen LogP contribution in [0.2, 0.25) is 0 Å². The minimum atomic E-state index is -0.607. The van der Waals surface area contributed by atoms with E-state index in [2.05, 4.69) is 0 Å². The molecule has 1 rings (SSSR count). The zero-order valence-electron chi connectivity index (χ0n) is 11.9. The molecule has 1 atom stereocenters. The largest absolute Gasteiger partial charge is 0.459 e. The average molecular weight is 249 g/mol. The average Bonchev–Trinajstić information content (AvgIpc) is 2.21. The molecule has 0 aliphatic carbocycles. The van der Waals surface area contributed by atoms with E-state index >= 15 is 0 Å². The van der Waals surface area contributed by atoms with E-state index in [1.54, 1.807) is 0 Å². The van der Waals surface area contributed by atoms with Crippen LogP contribution in [0.25, 0.3) is 0 Å². The molecule has 0 saturated heterocycles. The molecule has 0 aromatic heterocycles. The number of nitrogens with two attached hydrogens (primary N) is 1. The molecule has 0 heterocycles. The van der Waals surface area contributed by atoms with Crippen molar-refractivity contribution in [1.29, 1.82) is 0 Å². The topological polar surface area (TPSA) is 52.3 Å². The summed E-state index contributed by atoms with van der Waals surface area (Å²) < 4.78 is 5.29. The van der Waals surface area contributed by atoms with E-state index in [0.717, 1.165) is 16.7 Å². The number of hydrogen-bond donors (Lipinski definition) is 1. The van der Waals surface area contributed by atoms with Gasteiger partial charge in [0.1, 0.15) is 11.6 Å². The van der Waals surface area contributed by atoms with E-state index in [1.807, 2.05) is 52.8 Å². The lowest BCUT2D eigenvalue weighted by Gasteiger charge is -2.22. The number of benzene rings is 1. The molecule has 0 amide bonds. The molecule has 0 radical (unpaired) electrons. The quantitative estimate of drug-likeness (QED) is 0.837. The first-order chi connectivity index (χ1) is 8.20. The monoisotopic (exact) mass is 249 g/mol. The van der Waals surface area contributed by atoms with Crippen LogP contribution in [-0.2, 0) is 16.0 Å². The molecular weight excluding hydrogens is 226 g/mol. The van der Waals surface area contributed by atoms with Gasteiger partial charge < -0.3 is 10.5 Å². The second kappa shape index (κ2) is 5.53. The fourth-order valence-corrected chi connectivity index (χ4v) is 1.85. The van der Waals surface area contributed by atoms with Gasteiger partial charge in [0.2, 0.25) is 0 Å². The Bertz CT molecular complexity index is 412. The highest BCUT2D eigenvalue weighted by molar-refractivity contribution is 5.76. The summed E-state index contributed by atoms with van der Waals surface area (Å²) in [5, 5.41) is 0. The number of aryl methyl sites for hydroxylation is 2. The zero-order valence-corrected chi connectivity index (χ0v) is 11.9. The van der Waals surface area contributed by atoms with E-state index in [4.69, 9.17) is 10.5 Å². The fraction of sp³-hybridized carbons (Fsp3) is 0.533. The molecule has 3 heteroatoms. The standard InChI is InChI=1S/C15H23NO2/c1-10-7-6-8-11(2)12(10)9-13(16)14(17)18-15(3,4)5/h6-8,13H,9,16H2,1-5H3. The lowest BCUT2D eigenvalue weighted by molar-refractivity contribution is -0.156. The number of esters is 1. The summed E-state index contributed by atoms with van der Waals surface area (Å²) in [7, 11) is 0. The first-order valence-corrected chi connectivity index (χ1v) is 6.24. The molecule has 0 fully saturated rings. The van der Waals surface area contributed by atoms with Gasteiger partial charge in [-0.1, -0.05) is 18.2 Å². The fourth-order valence-electron chi connectivity index (χ4n) is 1.85. The number of rotatable bonds is 3. The Morgan fingerprint density at radius 1 is 1.28 bits per heavy atom. The van der Waals surface area contributed by atoms with Crippen molar-refractivity contribution in [3.63, 3.8) is 0 Å². The Morgan fingerprint density at radius 2 is 1.78 bits per heavy atom. The van der Waals surface area contributed by atoms with Crippen LogP contribution in [0, 0.1) is 13.8 Å². The first-order valence-electron chi connectivity index (χ1n) is 6.24. The molecule has 1 unspecified atom stereocenters. The molecule has 18 heavy (non-hydrogen) atoms. The molecule has 100 valence electrons. The van der Waals surface area contributed by atoms with Crippen LogP contribution in [-0.4, -0.2) is 17.6 Å². The molecule has 1 aromatic rings. The van der Waals surface area contributed by atoms with Gasteiger partial charge in [-0.15, -0.1) is 0 Å². The second-order valence-corrected chi connectivity index (χ2v) is 5.71. The number of carbonyl (C=O) groups is 1. The van der Waals surface area contributed by atoms with Crippen molar-refractivity contribution in [3.05, 3.63) is 34.9 Å². The molecule has 1 aromatic carbocycles. The van der Waals surface area contributed by atoms with E-state index in [-0.39, 0.29) is 5.97 Å². The van der Waals surface area contributed by atoms with Crippen molar-refractivity contribution in [2.75, 3.05) is 0 Å². The van der Waals surface area contributed by atoms with Crippen LogP contribution >= 0.6 is 0 Å². The van der Waals surface area contributed by atoms with E-state index in [0.29, 0.717) is 6.42 Å². The van der Waals surface area contributed by atoms with E-state index in [1.165, 1.54) is 0 Å². The van der Waals surface area contributed by atoms with Crippen LogP contribution in [0.3, 0.4) is 0 Å². The Kier molecular flexibility index (Phi) is 4.52. The van der Waals surface area contributed by atoms with Gasteiger partial charge in [0.05, 0.1) is 0 Å². The molecule has 0 aliphatic rings. The van der Waals surface area contributed by atoms with E-state index in [9.17, 15) is 4.79 Å². The first kappa shape index (κ1) is 14.7. The molecule has 0 bridgehead atoms. The highest BCUT2D eigenvalue weighted by Crippen LogP contribution is 2.16. The third-order valence-electron chi connectivity index (χ3n) is 2.78. The highest BCUT2D eigenvalue weighted by atomic mass is 16.6. The number of hydrogen-bond acceptors (Lipinski definition) is 3. The van der Waals surface area contributed by atoms with Gasteiger partial charge in [-0.3, -0.25) is 4.79 Å². The summed E-state index contributed by atoms with van der Waals surface area (Å²) in [5.74, 6) is -0.342. The van der Waals surface area contributed by atoms with E-state index < -0.39 is 11.6 Å². The summed E-state index contributed by atoms with van der Waals surface area (Å²) in [4.78, 5) is 11.8. The second-order valence-electron chi connectivity index (χ2n) is 5.71. The maximum absolute atomic E-state index is 11.8. The van der Waals surface area contributed by atoms with Crippen molar-refractivity contribution in [1.82, 2.24) is 0 Å². The lowest BCUT2D eigenvalue weighted by Crippen LogP contribution is -2.39. The molecule has 0 spiro atoms. The maximum atomic E-state index is 11.8. The summed E-state index contributed by atoms with van der Waals surface area (Å²) in [6.07, 6.45) is 0.521. The van der Waals surface area contributed by atoms with Gasteiger partial charge in [0, 0.05) is 0 Å². The molecule has 0 saturated carbocycles. The maximum Gasteiger partial charge on any atom is 0.323 e. The Morgan fingerprint density at radius 3 is 2.22 bits per heavy atom. The summed E-state index contributed by atoms with van der Waals surface area (Å²) >= 11 is 0. The predicted octanol–water partition coefficient (Wildman–Crippen LogP) is 2.51. The smallest absolute Gasteiger partial charge is 0.323 e. The van der Waals surface area contributed by atoms with Crippen LogP contribution in [0.1, 0.15) is 37.5 Å². The molecular formula is C15H23NO2. The minimum absolute atomic E-state index is 0.342. The van der Waals surface area contributed by atoms with Crippen LogP contribution in [0.5, 0.6) is 0 Å². The Balaban J connectivity index is 2.76. The van der Waals surface area contributed by atoms with Crippen LogP contribution in [0.4, 0.5) is 0 Å². The normalized spacial score (nSPS) is 13.2. The zero-order chi connectivity index (χ0) is 13.9. The number of ether oxygens (including phenoxy) is 1. The summed E-state index contributed by atoms with van der Waals surface area (Å²) in [5.41, 5.74) is 8.89. The predicted molar refractivity (Wildman–Crippen MR) is 73.4 cm³/mol. The van der Waals surface area contributed by atoms with Crippen LogP contribution < -0.4 is 5.73 Å². The Hall–Kier alpha value is -1.35. The van der Waals surface area contributed by atoms with Crippen molar-refractivity contribution in [3.8, 4) is 0 Å².